The monoisotopic (exact) mass is 311 g/mol. The van der Waals surface area contributed by atoms with Crippen LogP contribution < -0.4 is 4.74 Å². The molecule has 0 saturated heterocycles. The number of aryl methyl sites for hydroxylation is 1. The van der Waals surface area contributed by atoms with Gasteiger partial charge in [-0.15, -0.1) is 0 Å². The number of rotatable bonds is 3. The topological polar surface area (TPSA) is 68.1 Å². The van der Waals surface area contributed by atoms with E-state index in [0.29, 0.717) is 23.9 Å². The van der Waals surface area contributed by atoms with E-state index in [0.717, 1.165) is 22.2 Å². The average Bonchev–Trinajstić information content (AvgIpc) is 3.10. The van der Waals surface area contributed by atoms with Gasteiger partial charge in [-0.05, 0) is 19.9 Å². The molecule has 0 aromatic carbocycles. The van der Waals surface area contributed by atoms with E-state index in [-0.39, 0.29) is 5.82 Å². The molecule has 0 aliphatic rings. The maximum Gasteiger partial charge on any atom is 0.318 e. The van der Waals surface area contributed by atoms with E-state index >= 15 is 0 Å². The zero-order chi connectivity index (χ0) is 16.0. The van der Waals surface area contributed by atoms with Gasteiger partial charge in [-0.2, -0.15) is 4.98 Å². The highest BCUT2D eigenvalue weighted by atomic mass is 19.1. The normalized spacial score (nSPS) is 11.4. The quantitative estimate of drug-likeness (QED) is 0.631. The largest absolute Gasteiger partial charge is 0.464 e. The molecule has 0 bridgehead atoms. The fourth-order valence-electron chi connectivity index (χ4n) is 2.66. The first-order valence-corrected chi connectivity index (χ1v) is 7.28. The summed E-state index contributed by atoms with van der Waals surface area (Å²) in [6, 6.07) is 1.79. The van der Waals surface area contributed by atoms with E-state index < -0.39 is 0 Å². The number of pyridine rings is 1. The van der Waals surface area contributed by atoms with Crippen molar-refractivity contribution in [2.75, 3.05) is 6.61 Å². The molecule has 1 N–H and O–H groups in total. The summed E-state index contributed by atoms with van der Waals surface area (Å²) in [5.74, 6) is -0.364. The first kappa shape index (κ1) is 13.7. The van der Waals surface area contributed by atoms with Crippen LogP contribution in [0, 0.1) is 12.7 Å². The molecule has 23 heavy (non-hydrogen) atoms. The number of ether oxygens (including phenoxy) is 1. The van der Waals surface area contributed by atoms with Crippen molar-refractivity contribution in [1.29, 1.82) is 0 Å². The van der Waals surface area contributed by atoms with Gasteiger partial charge in [-0.25, -0.2) is 14.4 Å². The third-order valence-corrected chi connectivity index (χ3v) is 3.62. The Balaban J connectivity index is 1.88. The Bertz CT molecular complexity index is 1020. The second kappa shape index (κ2) is 5.05. The van der Waals surface area contributed by atoms with Gasteiger partial charge in [-0.3, -0.25) is 0 Å². The second-order valence-electron chi connectivity index (χ2n) is 5.24. The molecule has 0 fully saturated rings. The number of hydrogen-bond acceptors (Lipinski definition) is 4. The predicted molar refractivity (Wildman–Crippen MR) is 83.9 cm³/mol. The summed E-state index contributed by atoms with van der Waals surface area (Å²) in [4.78, 5) is 15.7. The van der Waals surface area contributed by atoms with Gasteiger partial charge in [0.25, 0.3) is 0 Å². The fraction of sp³-hybridized carbons (Fsp3) is 0.188. The van der Waals surface area contributed by atoms with Crippen molar-refractivity contribution >= 4 is 16.7 Å². The molecule has 0 aliphatic carbocycles. The zero-order valence-electron chi connectivity index (χ0n) is 12.7. The maximum atomic E-state index is 14.3. The van der Waals surface area contributed by atoms with Crippen LogP contribution in [-0.4, -0.2) is 30.9 Å². The highest BCUT2D eigenvalue weighted by Crippen LogP contribution is 2.29. The molecule has 4 rings (SSSR count). The number of nitrogens with zero attached hydrogens (tertiary/aromatic N) is 4. The van der Waals surface area contributed by atoms with Gasteiger partial charge in [0.1, 0.15) is 5.65 Å². The second-order valence-corrected chi connectivity index (χ2v) is 5.24. The third kappa shape index (κ3) is 2.21. The summed E-state index contributed by atoms with van der Waals surface area (Å²) in [6.45, 7) is 4.21. The summed E-state index contributed by atoms with van der Waals surface area (Å²) in [6.07, 6.45) is 7.11. The van der Waals surface area contributed by atoms with Crippen LogP contribution in [-0.2, 0) is 0 Å². The van der Waals surface area contributed by atoms with Crippen molar-refractivity contribution in [2.24, 2.45) is 0 Å². The van der Waals surface area contributed by atoms with Gasteiger partial charge >= 0.3 is 6.01 Å². The highest BCUT2D eigenvalue weighted by molar-refractivity contribution is 5.93. The van der Waals surface area contributed by atoms with Crippen LogP contribution in [0.2, 0.25) is 0 Å². The summed E-state index contributed by atoms with van der Waals surface area (Å²) in [7, 11) is 0. The van der Waals surface area contributed by atoms with Crippen LogP contribution >= 0.6 is 0 Å². The fourth-order valence-corrected chi connectivity index (χ4v) is 2.66. The molecule has 6 nitrogen and oxygen atoms in total. The number of aromatic amines is 1. The summed E-state index contributed by atoms with van der Waals surface area (Å²) in [5.41, 5.74) is 3.30. The highest BCUT2D eigenvalue weighted by Gasteiger charge is 2.13. The Morgan fingerprint density at radius 2 is 2.17 bits per heavy atom. The number of H-pyrrole nitrogens is 1. The van der Waals surface area contributed by atoms with Gasteiger partial charge in [0, 0.05) is 41.3 Å². The van der Waals surface area contributed by atoms with E-state index in [2.05, 4.69) is 19.9 Å². The molecule has 0 aliphatic heterocycles. The summed E-state index contributed by atoms with van der Waals surface area (Å²) < 4.78 is 21.3. The SMILES string of the molecule is CCOc1ncc2c(-c3cc(F)c4nc(C)cn4c3)c[nH]c2n1. The smallest absolute Gasteiger partial charge is 0.318 e. The van der Waals surface area contributed by atoms with Gasteiger partial charge in [0.2, 0.25) is 0 Å². The maximum absolute atomic E-state index is 14.3. The van der Waals surface area contributed by atoms with E-state index in [1.807, 2.05) is 20.0 Å². The van der Waals surface area contributed by atoms with Crippen LogP contribution in [0.5, 0.6) is 6.01 Å². The Morgan fingerprint density at radius 3 is 3.00 bits per heavy atom. The molecule has 0 atom stereocenters. The van der Waals surface area contributed by atoms with Crippen molar-refractivity contribution in [3.63, 3.8) is 0 Å². The molecule has 4 aromatic heterocycles. The lowest BCUT2D eigenvalue weighted by molar-refractivity contribution is 0.314. The molecule has 4 aromatic rings. The van der Waals surface area contributed by atoms with Crippen LogP contribution in [0.15, 0.2) is 30.9 Å². The van der Waals surface area contributed by atoms with Gasteiger partial charge in [0.05, 0.1) is 12.3 Å². The Kier molecular flexibility index (Phi) is 3.00. The minimum atomic E-state index is -0.364. The molecular weight excluding hydrogens is 297 g/mol. The molecule has 0 amide bonds. The van der Waals surface area contributed by atoms with E-state index in [1.54, 1.807) is 23.0 Å². The number of hydrogen-bond donors (Lipinski definition) is 1. The number of aromatic nitrogens is 5. The molecule has 0 radical (unpaired) electrons. The third-order valence-electron chi connectivity index (χ3n) is 3.62. The molecule has 0 saturated carbocycles. The van der Waals surface area contributed by atoms with E-state index in [1.165, 1.54) is 6.07 Å². The molecule has 116 valence electrons. The Hall–Kier alpha value is -2.96. The molecule has 0 unspecified atom stereocenters. The lowest BCUT2D eigenvalue weighted by Crippen LogP contribution is -1.97. The van der Waals surface area contributed by atoms with Crippen molar-refractivity contribution in [3.8, 4) is 17.1 Å². The van der Waals surface area contributed by atoms with E-state index in [4.69, 9.17) is 4.74 Å². The van der Waals surface area contributed by atoms with Crippen molar-refractivity contribution in [2.45, 2.75) is 13.8 Å². The molecular formula is C16H14FN5O. The number of halogens is 1. The Morgan fingerprint density at radius 1 is 1.30 bits per heavy atom. The molecule has 0 spiro atoms. The first-order chi connectivity index (χ1) is 11.2. The number of fused-ring (bicyclic) bond motifs is 2. The van der Waals surface area contributed by atoms with Crippen LogP contribution in [0.1, 0.15) is 12.6 Å². The predicted octanol–water partition coefficient (Wildman–Crippen LogP) is 3.12. The Labute approximate surface area is 131 Å². The minimum absolute atomic E-state index is 0.320. The summed E-state index contributed by atoms with van der Waals surface area (Å²) in [5, 5.41) is 0.809. The van der Waals surface area contributed by atoms with Crippen molar-refractivity contribution in [1.82, 2.24) is 24.3 Å². The van der Waals surface area contributed by atoms with Crippen molar-refractivity contribution < 1.29 is 9.13 Å². The number of nitrogens with one attached hydrogen (secondary N) is 1. The van der Waals surface area contributed by atoms with Crippen LogP contribution in [0.3, 0.4) is 0 Å². The minimum Gasteiger partial charge on any atom is -0.464 e. The first-order valence-electron chi connectivity index (χ1n) is 7.28. The van der Waals surface area contributed by atoms with Crippen LogP contribution in [0.25, 0.3) is 27.8 Å². The standard InChI is InChI=1S/C16H14FN5O/c1-3-23-16-19-6-12-11(5-18-14(12)21-16)10-4-13(17)15-20-9(2)7-22(15)8-10/h4-8H,3H2,1-2H3,(H,18,19,21). The van der Waals surface area contributed by atoms with E-state index in [9.17, 15) is 4.39 Å². The summed E-state index contributed by atoms with van der Waals surface area (Å²) >= 11 is 0. The zero-order valence-corrected chi connectivity index (χ0v) is 12.7. The lowest BCUT2D eigenvalue weighted by Gasteiger charge is -2.03. The average molecular weight is 311 g/mol. The van der Waals surface area contributed by atoms with Crippen LogP contribution in [0.4, 0.5) is 4.39 Å². The van der Waals surface area contributed by atoms with Gasteiger partial charge in [-0.1, -0.05) is 0 Å². The number of imidazole rings is 1. The lowest BCUT2D eigenvalue weighted by atomic mass is 10.1. The van der Waals surface area contributed by atoms with Gasteiger partial charge < -0.3 is 14.1 Å². The van der Waals surface area contributed by atoms with Gasteiger partial charge in [0.15, 0.2) is 11.5 Å². The van der Waals surface area contributed by atoms with Crippen molar-refractivity contribution in [3.05, 3.63) is 42.4 Å². The molecule has 7 heteroatoms. The molecule has 4 heterocycles.